The molecule has 0 atom stereocenters. The maximum absolute atomic E-state index is 13.0. The number of aryl methyl sites for hydroxylation is 1. The van der Waals surface area contributed by atoms with E-state index in [-0.39, 0.29) is 30.4 Å². The molecule has 1 N–H and O–H groups in total. The van der Waals surface area contributed by atoms with E-state index in [1.54, 1.807) is 16.9 Å². The van der Waals surface area contributed by atoms with Crippen LogP contribution in [0.15, 0.2) is 66.9 Å². The van der Waals surface area contributed by atoms with Gasteiger partial charge in [0, 0.05) is 11.1 Å². The van der Waals surface area contributed by atoms with Crippen molar-refractivity contribution in [3.8, 4) is 16.9 Å². The van der Waals surface area contributed by atoms with Crippen LogP contribution in [0.4, 0.5) is 5.00 Å². The lowest BCUT2D eigenvalue weighted by Gasteiger charge is -2.14. The molecular formula is C29H29N3O4S. The number of amides is 1. The molecule has 4 aromatic rings. The third kappa shape index (κ3) is 5.75. The zero-order valence-electron chi connectivity index (χ0n) is 20.9. The van der Waals surface area contributed by atoms with Crippen LogP contribution in [0.25, 0.3) is 11.1 Å². The molecule has 0 saturated carbocycles. The van der Waals surface area contributed by atoms with E-state index in [0.717, 1.165) is 47.3 Å². The van der Waals surface area contributed by atoms with Crippen molar-refractivity contribution in [2.45, 2.75) is 52.4 Å². The molecule has 8 heteroatoms. The van der Waals surface area contributed by atoms with Gasteiger partial charge in [-0.3, -0.25) is 4.79 Å². The van der Waals surface area contributed by atoms with Gasteiger partial charge in [-0.1, -0.05) is 42.5 Å². The van der Waals surface area contributed by atoms with Crippen LogP contribution in [-0.4, -0.2) is 27.8 Å². The molecule has 1 aliphatic rings. The van der Waals surface area contributed by atoms with Crippen LogP contribution < -0.4 is 10.1 Å². The molecule has 7 nitrogen and oxygen atoms in total. The van der Waals surface area contributed by atoms with Crippen LogP contribution in [0, 0.1) is 0 Å². The van der Waals surface area contributed by atoms with Gasteiger partial charge < -0.3 is 14.8 Å². The summed E-state index contributed by atoms with van der Waals surface area (Å²) < 4.78 is 12.9. The number of ether oxygens (including phenoxy) is 2. The highest BCUT2D eigenvalue weighted by Crippen LogP contribution is 2.39. The number of anilines is 1. The Bertz CT molecular complexity index is 1390. The van der Waals surface area contributed by atoms with Crippen LogP contribution in [0.5, 0.6) is 5.75 Å². The van der Waals surface area contributed by atoms with Gasteiger partial charge in [-0.05, 0) is 74.4 Å². The zero-order valence-corrected chi connectivity index (χ0v) is 21.7. The van der Waals surface area contributed by atoms with Gasteiger partial charge in [0.1, 0.15) is 10.8 Å². The number of thiophene rings is 1. The number of esters is 1. The number of rotatable bonds is 8. The van der Waals surface area contributed by atoms with Gasteiger partial charge in [0.15, 0.2) is 12.4 Å². The Hall–Kier alpha value is -3.91. The van der Waals surface area contributed by atoms with E-state index in [9.17, 15) is 9.59 Å². The molecule has 2 aromatic heterocycles. The maximum Gasteiger partial charge on any atom is 0.341 e. The second-order valence-electron chi connectivity index (χ2n) is 9.23. The third-order valence-corrected chi connectivity index (χ3v) is 7.35. The number of fused-ring (bicyclic) bond motifs is 1. The van der Waals surface area contributed by atoms with Gasteiger partial charge in [-0.2, -0.15) is 5.10 Å². The number of hydrogen-bond donors (Lipinski definition) is 1. The minimum absolute atomic E-state index is 0.164. The van der Waals surface area contributed by atoms with E-state index in [1.165, 1.54) is 11.3 Å². The molecule has 2 heterocycles. The summed E-state index contributed by atoms with van der Waals surface area (Å²) in [7, 11) is 0. The Kier molecular flexibility index (Phi) is 7.37. The summed E-state index contributed by atoms with van der Waals surface area (Å²) in [5.74, 6) is -0.0521. The molecule has 37 heavy (non-hydrogen) atoms. The lowest BCUT2D eigenvalue weighted by molar-refractivity contribution is 0.0378. The molecule has 0 radical (unpaired) electrons. The molecule has 0 bridgehead atoms. The zero-order chi connectivity index (χ0) is 25.8. The van der Waals surface area contributed by atoms with Crippen molar-refractivity contribution < 1.29 is 19.1 Å². The van der Waals surface area contributed by atoms with Crippen molar-refractivity contribution in [2.24, 2.45) is 0 Å². The first-order chi connectivity index (χ1) is 18.0. The van der Waals surface area contributed by atoms with Gasteiger partial charge >= 0.3 is 5.97 Å². The lowest BCUT2D eigenvalue weighted by Crippen LogP contribution is -2.18. The molecular weight excluding hydrogens is 486 g/mol. The summed E-state index contributed by atoms with van der Waals surface area (Å²) >= 11 is 1.46. The number of benzene rings is 2. The monoisotopic (exact) mass is 515 g/mol. The van der Waals surface area contributed by atoms with Gasteiger partial charge in [0.05, 0.1) is 11.7 Å². The Labute approximate surface area is 220 Å². The minimum Gasteiger partial charge on any atom is -0.471 e. The van der Waals surface area contributed by atoms with Gasteiger partial charge in [-0.15, -0.1) is 11.3 Å². The molecule has 0 saturated heterocycles. The van der Waals surface area contributed by atoms with Crippen LogP contribution in [0.3, 0.4) is 0 Å². The number of nitrogens with one attached hydrogen (secondary N) is 1. The SMILES string of the molecule is CC(C)OC(=O)c1c(NC(=O)c2ccn(COc3ccc(-c4ccccc4)cc3)n2)sc2c1CCCC2. The van der Waals surface area contributed by atoms with Crippen molar-refractivity contribution in [3.63, 3.8) is 0 Å². The molecule has 0 unspecified atom stereocenters. The molecule has 190 valence electrons. The van der Waals surface area contributed by atoms with Crippen LogP contribution in [0.2, 0.25) is 0 Å². The molecule has 1 aliphatic carbocycles. The lowest BCUT2D eigenvalue weighted by atomic mass is 9.95. The quantitative estimate of drug-likeness (QED) is 0.277. The van der Waals surface area contributed by atoms with E-state index >= 15 is 0 Å². The fourth-order valence-electron chi connectivity index (χ4n) is 4.38. The van der Waals surface area contributed by atoms with E-state index < -0.39 is 0 Å². The van der Waals surface area contributed by atoms with E-state index in [0.29, 0.717) is 16.3 Å². The Morgan fingerprint density at radius 1 is 1.00 bits per heavy atom. The average Bonchev–Trinajstić information content (AvgIpc) is 3.52. The number of aromatic nitrogens is 2. The van der Waals surface area contributed by atoms with Crippen LogP contribution in [0.1, 0.15) is 58.0 Å². The minimum atomic E-state index is -0.387. The highest BCUT2D eigenvalue weighted by Gasteiger charge is 2.28. The Morgan fingerprint density at radius 2 is 1.73 bits per heavy atom. The Balaban J connectivity index is 1.24. The predicted molar refractivity (Wildman–Crippen MR) is 144 cm³/mol. The summed E-state index contributed by atoms with van der Waals surface area (Å²) in [6, 6.07) is 19.6. The molecule has 0 aliphatic heterocycles. The molecule has 0 fully saturated rings. The molecule has 1 amide bonds. The predicted octanol–water partition coefficient (Wildman–Crippen LogP) is 6.34. The molecule has 0 spiro atoms. The fraction of sp³-hybridized carbons (Fsp3) is 0.276. The first kappa shape index (κ1) is 24.8. The normalized spacial score (nSPS) is 12.7. The van der Waals surface area contributed by atoms with E-state index in [4.69, 9.17) is 9.47 Å². The second kappa shape index (κ2) is 11.0. The number of carbonyl (C=O) groups excluding carboxylic acids is 2. The van der Waals surface area contributed by atoms with Gasteiger partial charge in [-0.25, -0.2) is 9.48 Å². The van der Waals surface area contributed by atoms with E-state index in [1.807, 2.05) is 56.3 Å². The first-order valence-corrected chi connectivity index (χ1v) is 13.3. The summed E-state index contributed by atoms with van der Waals surface area (Å²) in [6.07, 6.45) is 5.30. The standard InChI is InChI=1S/C29H29N3O4S/c1-19(2)36-29(34)26-23-10-6-7-11-25(23)37-28(26)30-27(33)24-16-17-32(31-24)18-35-22-14-12-21(13-15-22)20-8-4-3-5-9-20/h3-5,8-9,12-17,19H,6-7,10-11,18H2,1-2H3,(H,30,33). The molecule has 2 aromatic carbocycles. The van der Waals surface area contributed by atoms with Crippen molar-refractivity contribution in [1.82, 2.24) is 9.78 Å². The summed E-state index contributed by atoms with van der Waals surface area (Å²) in [4.78, 5) is 27.0. The largest absolute Gasteiger partial charge is 0.471 e. The average molecular weight is 516 g/mol. The smallest absolute Gasteiger partial charge is 0.341 e. The van der Waals surface area contributed by atoms with E-state index in [2.05, 4.69) is 22.5 Å². The number of hydrogen-bond acceptors (Lipinski definition) is 6. The summed E-state index contributed by atoms with van der Waals surface area (Å²) in [5.41, 5.74) is 4.00. The highest BCUT2D eigenvalue weighted by atomic mass is 32.1. The Morgan fingerprint density at radius 3 is 2.49 bits per heavy atom. The maximum atomic E-state index is 13.0. The van der Waals surface area contributed by atoms with Crippen LogP contribution in [-0.2, 0) is 24.3 Å². The summed E-state index contributed by atoms with van der Waals surface area (Å²) in [5, 5.41) is 7.80. The van der Waals surface area contributed by atoms with Crippen molar-refractivity contribution in [2.75, 3.05) is 5.32 Å². The number of carbonyl (C=O) groups is 2. The van der Waals surface area contributed by atoms with Crippen molar-refractivity contribution >= 4 is 28.2 Å². The van der Waals surface area contributed by atoms with Crippen molar-refractivity contribution in [3.05, 3.63) is 88.6 Å². The van der Waals surface area contributed by atoms with Crippen LogP contribution >= 0.6 is 11.3 Å². The highest BCUT2D eigenvalue weighted by molar-refractivity contribution is 7.17. The van der Waals surface area contributed by atoms with Gasteiger partial charge in [0.25, 0.3) is 5.91 Å². The first-order valence-electron chi connectivity index (χ1n) is 12.5. The fourth-order valence-corrected chi connectivity index (χ4v) is 5.65. The molecule has 5 rings (SSSR count). The summed E-state index contributed by atoms with van der Waals surface area (Å²) in [6.45, 7) is 3.81. The van der Waals surface area contributed by atoms with Crippen molar-refractivity contribution in [1.29, 1.82) is 0 Å². The van der Waals surface area contributed by atoms with Gasteiger partial charge in [0.2, 0.25) is 0 Å². The second-order valence-corrected chi connectivity index (χ2v) is 10.3. The third-order valence-electron chi connectivity index (χ3n) is 6.14. The number of nitrogens with zero attached hydrogens (tertiary/aromatic N) is 2. The topological polar surface area (TPSA) is 82.5 Å².